The van der Waals surface area contributed by atoms with Gasteiger partial charge in [-0.25, -0.2) is 13.1 Å². The number of fused-ring (bicyclic) bond motifs is 1. The molecule has 7 heteroatoms. The first kappa shape index (κ1) is 16.3. The first-order valence-corrected chi connectivity index (χ1v) is 8.94. The van der Waals surface area contributed by atoms with Crippen molar-refractivity contribution in [2.75, 3.05) is 23.7 Å². The Hall–Kier alpha value is -2.54. The van der Waals surface area contributed by atoms with E-state index in [1.165, 1.54) is 0 Å². The minimum atomic E-state index is -3.76. The van der Waals surface area contributed by atoms with Crippen molar-refractivity contribution in [1.29, 1.82) is 0 Å². The van der Waals surface area contributed by atoms with E-state index in [-0.39, 0.29) is 10.8 Å². The zero-order valence-electron chi connectivity index (χ0n) is 14.0. The number of benzene rings is 2. The van der Waals surface area contributed by atoms with Crippen LogP contribution in [0.4, 0.5) is 11.6 Å². The molecule has 0 amide bonds. The van der Waals surface area contributed by atoms with E-state index in [1.807, 2.05) is 37.2 Å². The summed E-state index contributed by atoms with van der Waals surface area (Å²) >= 11 is 0. The van der Waals surface area contributed by atoms with Crippen LogP contribution in [0.1, 0.15) is 11.3 Å². The van der Waals surface area contributed by atoms with Crippen molar-refractivity contribution in [3.05, 3.63) is 47.7 Å². The number of sulfonamides is 1. The second-order valence-electron chi connectivity index (χ2n) is 5.88. The van der Waals surface area contributed by atoms with Crippen LogP contribution in [0.25, 0.3) is 10.8 Å². The van der Waals surface area contributed by atoms with Gasteiger partial charge in [-0.05, 0) is 37.4 Å². The fraction of sp³-hybridized carbons (Fsp3) is 0.235. The molecule has 3 rings (SSSR count). The Morgan fingerprint density at radius 2 is 1.88 bits per heavy atom. The van der Waals surface area contributed by atoms with E-state index in [0.717, 1.165) is 16.5 Å². The largest absolute Gasteiger partial charge is 0.377 e. The zero-order valence-corrected chi connectivity index (χ0v) is 14.8. The fourth-order valence-electron chi connectivity index (χ4n) is 2.48. The summed E-state index contributed by atoms with van der Waals surface area (Å²) < 4.78 is 32.9. The molecule has 3 aromatic rings. The van der Waals surface area contributed by atoms with Gasteiger partial charge >= 0.3 is 0 Å². The Kier molecular flexibility index (Phi) is 3.96. The lowest BCUT2D eigenvalue weighted by molar-refractivity contribution is 0.430. The molecule has 0 aliphatic rings. The van der Waals surface area contributed by atoms with Gasteiger partial charge in [0.25, 0.3) is 10.0 Å². The van der Waals surface area contributed by atoms with Gasteiger partial charge in [-0.2, -0.15) is 0 Å². The van der Waals surface area contributed by atoms with Crippen LogP contribution in [0.5, 0.6) is 0 Å². The first-order valence-electron chi connectivity index (χ1n) is 7.45. The predicted octanol–water partition coefficient (Wildman–Crippen LogP) is 3.31. The highest BCUT2D eigenvalue weighted by Gasteiger charge is 2.20. The van der Waals surface area contributed by atoms with Crippen LogP contribution in [0.3, 0.4) is 0 Å². The lowest BCUT2D eigenvalue weighted by Crippen LogP contribution is -2.13. The predicted molar refractivity (Wildman–Crippen MR) is 95.1 cm³/mol. The molecule has 1 N–H and O–H groups in total. The molecule has 24 heavy (non-hydrogen) atoms. The third-order valence-electron chi connectivity index (χ3n) is 4.01. The molecule has 6 nitrogen and oxygen atoms in total. The van der Waals surface area contributed by atoms with Crippen LogP contribution in [-0.2, 0) is 10.0 Å². The molecule has 0 unspecified atom stereocenters. The topological polar surface area (TPSA) is 75.4 Å². The number of anilines is 2. The van der Waals surface area contributed by atoms with E-state index in [9.17, 15) is 8.42 Å². The molecule has 0 radical (unpaired) electrons. The molecule has 0 fully saturated rings. The Morgan fingerprint density at radius 3 is 2.50 bits per heavy atom. The highest BCUT2D eigenvalue weighted by atomic mass is 32.2. The second kappa shape index (κ2) is 5.83. The number of hydrogen-bond donors (Lipinski definition) is 1. The first-order chi connectivity index (χ1) is 11.3. The molecular formula is C17H19N3O3S. The van der Waals surface area contributed by atoms with E-state index in [2.05, 4.69) is 9.88 Å². The number of aryl methyl sites for hydroxylation is 1. The Bertz CT molecular complexity index is 1010. The van der Waals surface area contributed by atoms with E-state index in [4.69, 9.17) is 4.52 Å². The monoisotopic (exact) mass is 345 g/mol. The van der Waals surface area contributed by atoms with Gasteiger partial charge in [0.15, 0.2) is 0 Å². The van der Waals surface area contributed by atoms with Crippen LogP contribution >= 0.6 is 0 Å². The van der Waals surface area contributed by atoms with Crippen molar-refractivity contribution in [1.82, 2.24) is 5.16 Å². The molecule has 2 aromatic carbocycles. The SMILES string of the molecule is Cc1noc(NS(=O)(=O)c2ccc3cccc(N(C)C)c3c2)c1C. The lowest BCUT2D eigenvalue weighted by Gasteiger charge is -2.16. The summed E-state index contributed by atoms with van der Waals surface area (Å²) in [6, 6.07) is 10.9. The number of aromatic nitrogens is 1. The molecule has 0 saturated carbocycles. The van der Waals surface area contributed by atoms with Crippen molar-refractivity contribution in [3.8, 4) is 0 Å². The van der Waals surface area contributed by atoms with Gasteiger partial charge in [0.05, 0.1) is 10.6 Å². The summed E-state index contributed by atoms with van der Waals surface area (Å²) in [7, 11) is 0.0922. The third-order valence-corrected chi connectivity index (χ3v) is 5.34. The van der Waals surface area contributed by atoms with Crippen LogP contribution in [0.15, 0.2) is 45.8 Å². The maximum Gasteiger partial charge on any atom is 0.264 e. The number of hydrogen-bond acceptors (Lipinski definition) is 5. The third kappa shape index (κ3) is 2.82. The highest BCUT2D eigenvalue weighted by Crippen LogP contribution is 2.29. The van der Waals surface area contributed by atoms with E-state index < -0.39 is 10.0 Å². The Labute approximate surface area is 141 Å². The molecule has 0 spiro atoms. The van der Waals surface area contributed by atoms with Gasteiger partial charge in [-0.3, -0.25) is 0 Å². The molecule has 0 bridgehead atoms. The maximum atomic E-state index is 12.7. The molecule has 0 saturated heterocycles. The van der Waals surface area contributed by atoms with Crippen LogP contribution in [0.2, 0.25) is 0 Å². The van der Waals surface area contributed by atoms with Gasteiger partial charge in [0.1, 0.15) is 0 Å². The highest BCUT2D eigenvalue weighted by molar-refractivity contribution is 7.92. The van der Waals surface area contributed by atoms with Gasteiger partial charge in [0, 0.05) is 30.7 Å². The normalized spacial score (nSPS) is 11.7. The molecule has 0 aliphatic heterocycles. The minimum absolute atomic E-state index is 0.147. The maximum absolute atomic E-state index is 12.7. The summed E-state index contributed by atoms with van der Waals surface area (Å²) in [6.07, 6.45) is 0. The fourth-order valence-corrected chi connectivity index (χ4v) is 3.56. The summed E-state index contributed by atoms with van der Waals surface area (Å²) in [5.41, 5.74) is 2.28. The van der Waals surface area contributed by atoms with Gasteiger partial charge in [0.2, 0.25) is 5.88 Å². The van der Waals surface area contributed by atoms with Crippen molar-refractivity contribution in [2.45, 2.75) is 18.7 Å². The standard InChI is InChI=1S/C17H19N3O3S/c1-11-12(2)18-23-17(11)19-24(21,22)14-9-8-13-6-5-7-16(20(3)4)15(13)10-14/h5-10,19H,1-4H3. The summed E-state index contributed by atoms with van der Waals surface area (Å²) in [5, 5.41) is 5.62. The van der Waals surface area contributed by atoms with E-state index >= 15 is 0 Å². The van der Waals surface area contributed by atoms with Crippen molar-refractivity contribution >= 4 is 32.4 Å². The summed E-state index contributed by atoms with van der Waals surface area (Å²) in [6.45, 7) is 3.52. The zero-order chi connectivity index (χ0) is 17.5. The summed E-state index contributed by atoms with van der Waals surface area (Å²) in [5.74, 6) is 0.147. The Balaban J connectivity index is 2.08. The number of rotatable bonds is 4. The molecule has 126 valence electrons. The van der Waals surface area contributed by atoms with E-state index in [1.54, 1.807) is 32.0 Å². The van der Waals surface area contributed by atoms with Crippen LogP contribution in [0, 0.1) is 13.8 Å². The summed E-state index contributed by atoms with van der Waals surface area (Å²) in [4.78, 5) is 2.13. The second-order valence-corrected chi connectivity index (χ2v) is 7.56. The molecule has 0 atom stereocenters. The minimum Gasteiger partial charge on any atom is -0.377 e. The van der Waals surface area contributed by atoms with Crippen molar-refractivity contribution in [3.63, 3.8) is 0 Å². The van der Waals surface area contributed by atoms with Crippen LogP contribution in [-0.4, -0.2) is 27.7 Å². The average Bonchev–Trinajstić information content (AvgIpc) is 2.85. The molecule has 0 aliphatic carbocycles. The quantitative estimate of drug-likeness (QED) is 0.785. The lowest BCUT2D eigenvalue weighted by atomic mass is 10.1. The van der Waals surface area contributed by atoms with Gasteiger partial charge in [-0.15, -0.1) is 0 Å². The van der Waals surface area contributed by atoms with Crippen LogP contribution < -0.4 is 9.62 Å². The number of nitrogens with zero attached hydrogens (tertiary/aromatic N) is 2. The Morgan fingerprint density at radius 1 is 1.12 bits per heavy atom. The van der Waals surface area contributed by atoms with Gasteiger partial charge in [-0.1, -0.05) is 23.4 Å². The van der Waals surface area contributed by atoms with Crippen molar-refractivity contribution < 1.29 is 12.9 Å². The van der Waals surface area contributed by atoms with Gasteiger partial charge < -0.3 is 9.42 Å². The molecular weight excluding hydrogens is 326 g/mol. The van der Waals surface area contributed by atoms with E-state index in [0.29, 0.717) is 11.3 Å². The number of nitrogens with one attached hydrogen (secondary N) is 1. The smallest absolute Gasteiger partial charge is 0.264 e. The molecule has 1 heterocycles. The average molecular weight is 345 g/mol. The molecule has 1 aromatic heterocycles. The van der Waals surface area contributed by atoms with Crippen molar-refractivity contribution in [2.24, 2.45) is 0 Å².